The van der Waals surface area contributed by atoms with Crippen molar-refractivity contribution in [3.05, 3.63) is 35.9 Å². The molecule has 0 saturated carbocycles. The topological polar surface area (TPSA) is 55.8 Å². The maximum Gasteiger partial charge on any atom is 0.305 e. The van der Waals surface area contributed by atoms with E-state index in [1.54, 1.807) is 0 Å². The van der Waals surface area contributed by atoms with Gasteiger partial charge in [-0.1, -0.05) is 37.3 Å². The highest BCUT2D eigenvalue weighted by atomic mass is 16.5. The largest absolute Gasteiger partial charge is 0.469 e. The number of methoxy groups -OCH3 is 1. The molecule has 1 aromatic carbocycles. The number of piperidine rings is 1. The Hall–Kier alpha value is -1.88. The summed E-state index contributed by atoms with van der Waals surface area (Å²) < 4.78 is 11.0. The first-order valence-electron chi connectivity index (χ1n) is 8.59. The number of hydrogen-bond acceptors (Lipinski definition) is 4. The fraction of sp³-hybridized carbons (Fsp3) is 0.579. The van der Waals surface area contributed by atoms with E-state index in [4.69, 9.17) is 9.47 Å². The summed E-state index contributed by atoms with van der Waals surface area (Å²) in [6.07, 6.45) is 1.49. The maximum absolute atomic E-state index is 12.9. The van der Waals surface area contributed by atoms with Crippen LogP contribution >= 0.6 is 0 Å². The SMILES string of the molecule is CC[C@@H]1[C@@H](CC(=O)OC)CC(=O)N2[C@H](c3ccccc3)CO[C@@]12C. The number of benzene rings is 1. The van der Waals surface area contributed by atoms with Crippen molar-refractivity contribution in [3.8, 4) is 0 Å². The Kier molecular flexibility index (Phi) is 4.63. The van der Waals surface area contributed by atoms with Crippen LogP contribution in [-0.4, -0.2) is 36.2 Å². The van der Waals surface area contributed by atoms with Gasteiger partial charge in [0.05, 0.1) is 19.8 Å². The van der Waals surface area contributed by atoms with Crippen LogP contribution in [0.15, 0.2) is 30.3 Å². The lowest BCUT2D eigenvalue weighted by molar-refractivity contribution is -0.182. The lowest BCUT2D eigenvalue weighted by atomic mass is 9.74. The molecule has 2 saturated heterocycles. The zero-order chi connectivity index (χ0) is 17.3. The van der Waals surface area contributed by atoms with Gasteiger partial charge < -0.3 is 14.4 Å². The van der Waals surface area contributed by atoms with E-state index in [0.29, 0.717) is 13.0 Å². The van der Waals surface area contributed by atoms with Crippen LogP contribution < -0.4 is 0 Å². The Bertz CT molecular complexity index is 617. The molecule has 5 heteroatoms. The third-order valence-corrected chi connectivity index (χ3v) is 5.57. The van der Waals surface area contributed by atoms with Crippen LogP contribution in [0.2, 0.25) is 0 Å². The van der Waals surface area contributed by atoms with Gasteiger partial charge in [0, 0.05) is 18.8 Å². The minimum absolute atomic E-state index is 0.0364. The zero-order valence-corrected chi connectivity index (χ0v) is 14.5. The molecule has 24 heavy (non-hydrogen) atoms. The highest BCUT2D eigenvalue weighted by Gasteiger charge is 2.57. The Morgan fingerprint density at radius 1 is 1.38 bits per heavy atom. The molecule has 2 fully saturated rings. The molecule has 0 radical (unpaired) electrons. The van der Waals surface area contributed by atoms with Crippen molar-refractivity contribution in [2.75, 3.05) is 13.7 Å². The average Bonchev–Trinajstić information content (AvgIpc) is 2.94. The number of carbonyl (C=O) groups is 2. The van der Waals surface area contributed by atoms with Crippen LogP contribution in [0.4, 0.5) is 0 Å². The molecule has 0 bridgehead atoms. The van der Waals surface area contributed by atoms with E-state index < -0.39 is 5.72 Å². The molecule has 0 N–H and O–H groups in total. The molecule has 2 aliphatic heterocycles. The molecule has 0 spiro atoms. The normalized spacial score (nSPS) is 32.5. The van der Waals surface area contributed by atoms with Crippen LogP contribution in [0.25, 0.3) is 0 Å². The van der Waals surface area contributed by atoms with Gasteiger partial charge in [-0.15, -0.1) is 0 Å². The average molecular weight is 331 g/mol. The number of hydrogen-bond donors (Lipinski definition) is 0. The summed E-state index contributed by atoms with van der Waals surface area (Å²) in [6.45, 7) is 4.58. The van der Waals surface area contributed by atoms with Gasteiger partial charge in [0.25, 0.3) is 0 Å². The van der Waals surface area contributed by atoms with Crippen LogP contribution in [0.3, 0.4) is 0 Å². The third kappa shape index (κ3) is 2.71. The van der Waals surface area contributed by atoms with E-state index in [1.807, 2.05) is 42.2 Å². The van der Waals surface area contributed by atoms with Crippen molar-refractivity contribution in [2.45, 2.75) is 44.9 Å². The summed E-state index contributed by atoms with van der Waals surface area (Å²) in [6, 6.07) is 9.95. The summed E-state index contributed by atoms with van der Waals surface area (Å²) in [7, 11) is 1.39. The van der Waals surface area contributed by atoms with Gasteiger partial charge in [0.1, 0.15) is 5.72 Å². The highest BCUT2D eigenvalue weighted by Crippen LogP contribution is 2.50. The fourth-order valence-corrected chi connectivity index (χ4v) is 4.45. The molecule has 4 atom stereocenters. The Labute approximate surface area is 142 Å². The van der Waals surface area contributed by atoms with Crippen molar-refractivity contribution >= 4 is 11.9 Å². The summed E-state index contributed by atoms with van der Waals surface area (Å²) in [4.78, 5) is 26.5. The van der Waals surface area contributed by atoms with Crippen LogP contribution in [-0.2, 0) is 19.1 Å². The fourth-order valence-electron chi connectivity index (χ4n) is 4.45. The maximum atomic E-state index is 12.9. The molecule has 3 rings (SSSR count). The monoisotopic (exact) mass is 331 g/mol. The molecule has 1 amide bonds. The van der Waals surface area contributed by atoms with Gasteiger partial charge in [-0.25, -0.2) is 0 Å². The second-order valence-electron chi connectivity index (χ2n) is 6.82. The van der Waals surface area contributed by atoms with Crippen molar-refractivity contribution in [1.82, 2.24) is 4.90 Å². The van der Waals surface area contributed by atoms with Crippen LogP contribution in [0.1, 0.15) is 44.7 Å². The molecular weight excluding hydrogens is 306 g/mol. The van der Waals surface area contributed by atoms with Crippen molar-refractivity contribution in [1.29, 1.82) is 0 Å². The second-order valence-corrected chi connectivity index (χ2v) is 6.82. The first-order chi connectivity index (χ1) is 11.5. The van der Waals surface area contributed by atoms with Gasteiger partial charge in [-0.2, -0.15) is 0 Å². The summed E-state index contributed by atoms with van der Waals surface area (Å²) in [5, 5.41) is 0. The number of esters is 1. The van der Waals surface area contributed by atoms with Crippen LogP contribution in [0.5, 0.6) is 0 Å². The van der Waals surface area contributed by atoms with E-state index in [1.165, 1.54) is 7.11 Å². The van der Waals surface area contributed by atoms with Crippen molar-refractivity contribution in [2.24, 2.45) is 11.8 Å². The summed E-state index contributed by atoms with van der Waals surface area (Å²) in [5.74, 6) is -0.128. The van der Waals surface area contributed by atoms with E-state index >= 15 is 0 Å². The molecule has 1 aromatic rings. The van der Waals surface area contributed by atoms with E-state index in [9.17, 15) is 9.59 Å². The molecule has 0 aliphatic carbocycles. The van der Waals surface area contributed by atoms with Crippen molar-refractivity contribution in [3.63, 3.8) is 0 Å². The first kappa shape index (κ1) is 17.0. The summed E-state index contributed by atoms with van der Waals surface area (Å²) >= 11 is 0. The van der Waals surface area contributed by atoms with Crippen LogP contribution in [0, 0.1) is 11.8 Å². The molecule has 5 nitrogen and oxygen atoms in total. The Morgan fingerprint density at radius 3 is 2.71 bits per heavy atom. The predicted octanol–water partition coefficient (Wildman–Crippen LogP) is 2.91. The molecule has 0 unspecified atom stereocenters. The third-order valence-electron chi connectivity index (χ3n) is 5.57. The van der Waals surface area contributed by atoms with Gasteiger partial charge in [0.15, 0.2) is 0 Å². The Morgan fingerprint density at radius 2 is 2.08 bits per heavy atom. The number of ether oxygens (including phenoxy) is 2. The molecule has 2 aliphatic rings. The predicted molar refractivity (Wildman–Crippen MR) is 88.9 cm³/mol. The first-order valence-corrected chi connectivity index (χ1v) is 8.59. The lowest BCUT2D eigenvalue weighted by Gasteiger charge is -2.49. The van der Waals surface area contributed by atoms with Crippen molar-refractivity contribution < 1.29 is 19.1 Å². The molecule has 0 aromatic heterocycles. The van der Waals surface area contributed by atoms with Gasteiger partial charge in [-0.05, 0) is 24.8 Å². The number of fused-ring (bicyclic) bond motifs is 1. The van der Waals surface area contributed by atoms with E-state index in [-0.39, 0.29) is 36.2 Å². The number of amides is 1. The molecule has 2 heterocycles. The molecule has 130 valence electrons. The zero-order valence-electron chi connectivity index (χ0n) is 14.5. The summed E-state index contributed by atoms with van der Waals surface area (Å²) in [5.41, 5.74) is 0.430. The number of carbonyl (C=O) groups excluding carboxylic acids is 2. The standard InChI is InChI=1S/C19H25NO4/c1-4-15-14(11-18(22)23-3)10-17(21)20-16(12-24-19(15,20)2)13-8-6-5-7-9-13/h5-9,14-16H,4,10-12H2,1-3H3/t14-,15-,16+,19+/m1/s1. The number of nitrogens with zero attached hydrogens (tertiary/aromatic N) is 1. The van der Waals surface area contributed by atoms with Gasteiger partial charge in [0.2, 0.25) is 5.91 Å². The highest BCUT2D eigenvalue weighted by molar-refractivity contribution is 5.80. The second kappa shape index (κ2) is 6.55. The van der Waals surface area contributed by atoms with Gasteiger partial charge in [-0.3, -0.25) is 9.59 Å². The smallest absolute Gasteiger partial charge is 0.305 e. The van der Waals surface area contributed by atoms with E-state index in [0.717, 1.165) is 12.0 Å². The Balaban J connectivity index is 1.91. The minimum Gasteiger partial charge on any atom is -0.469 e. The van der Waals surface area contributed by atoms with Gasteiger partial charge >= 0.3 is 5.97 Å². The lowest BCUT2D eigenvalue weighted by Crippen LogP contribution is -2.58. The number of rotatable bonds is 4. The quantitative estimate of drug-likeness (QED) is 0.796. The minimum atomic E-state index is -0.663. The molecular formula is C19H25NO4. The van der Waals surface area contributed by atoms with E-state index in [2.05, 4.69) is 6.92 Å².